The molecule has 0 radical (unpaired) electrons. The van der Waals surface area contributed by atoms with E-state index in [2.05, 4.69) is 0 Å². The monoisotopic (exact) mass is 176 g/mol. The molecule has 0 spiro atoms. The molecule has 1 fully saturated rings. The van der Waals surface area contributed by atoms with Gasteiger partial charge in [-0.2, -0.15) is 0 Å². The smallest absolute Gasteiger partial charge is 0.194 e. The maximum Gasteiger partial charge on any atom is 0.194 e. The molecule has 0 aromatic heterocycles. The average molecular weight is 176 g/mol. The first-order chi connectivity index (χ1) is 5.60. The van der Waals surface area contributed by atoms with Crippen molar-refractivity contribution >= 4 is 0 Å². The number of aliphatic hydroxyl groups excluding tert-OH is 1. The fourth-order valence-electron chi connectivity index (χ4n) is 1.38. The summed E-state index contributed by atoms with van der Waals surface area (Å²) in [6.07, 6.45) is 1.39. The van der Waals surface area contributed by atoms with Gasteiger partial charge in [-0.1, -0.05) is 0 Å². The van der Waals surface area contributed by atoms with Crippen LogP contribution in [-0.2, 0) is 14.2 Å². The lowest BCUT2D eigenvalue weighted by molar-refractivity contribution is -0.309. The van der Waals surface area contributed by atoms with Crippen LogP contribution in [-0.4, -0.2) is 37.5 Å². The third kappa shape index (κ3) is 1.61. The van der Waals surface area contributed by atoms with Gasteiger partial charge in [0.2, 0.25) is 0 Å². The molecule has 2 unspecified atom stereocenters. The van der Waals surface area contributed by atoms with Crippen LogP contribution in [0.3, 0.4) is 0 Å². The van der Waals surface area contributed by atoms with E-state index >= 15 is 0 Å². The van der Waals surface area contributed by atoms with Gasteiger partial charge in [0.15, 0.2) is 11.6 Å². The van der Waals surface area contributed by atoms with Crippen molar-refractivity contribution in [2.75, 3.05) is 20.8 Å². The first-order valence-electron chi connectivity index (χ1n) is 4.01. The van der Waals surface area contributed by atoms with Gasteiger partial charge >= 0.3 is 0 Å². The Bertz CT molecular complexity index is 155. The van der Waals surface area contributed by atoms with E-state index in [1.54, 1.807) is 7.11 Å². The molecule has 0 aromatic rings. The Labute approximate surface area is 72.4 Å². The van der Waals surface area contributed by atoms with Crippen molar-refractivity contribution in [3.05, 3.63) is 0 Å². The molecule has 0 saturated carbocycles. The van der Waals surface area contributed by atoms with Crippen molar-refractivity contribution < 1.29 is 19.3 Å². The van der Waals surface area contributed by atoms with Gasteiger partial charge in [0.05, 0.1) is 6.61 Å². The van der Waals surface area contributed by atoms with Crippen LogP contribution in [0.1, 0.15) is 19.8 Å². The minimum absolute atomic E-state index is 0.136. The number of rotatable bonds is 3. The predicted molar refractivity (Wildman–Crippen MR) is 42.6 cm³/mol. The van der Waals surface area contributed by atoms with E-state index < -0.39 is 11.6 Å². The summed E-state index contributed by atoms with van der Waals surface area (Å²) in [6, 6.07) is 0. The molecule has 4 heteroatoms. The summed E-state index contributed by atoms with van der Waals surface area (Å²) in [5.41, 5.74) is 0. The summed E-state index contributed by atoms with van der Waals surface area (Å²) < 4.78 is 15.7. The molecule has 1 aliphatic heterocycles. The second-order valence-electron chi connectivity index (χ2n) is 3.21. The first-order valence-corrected chi connectivity index (χ1v) is 4.01. The van der Waals surface area contributed by atoms with Gasteiger partial charge in [-0.3, -0.25) is 0 Å². The Morgan fingerprint density at radius 2 is 2.00 bits per heavy atom. The highest BCUT2D eigenvalue weighted by Gasteiger charge is 2.47. The quantitative estimate of drug-likeness (QED) is 0.680. The van der Waals surface area contributed by atoms with Crippen molar-refractivity contribution in [1.82, 2.24) is 0 Å². The Morgan fingerprint density at radius 1 is 1.33 bits per heavy atom. The van der Waals surface area contributed by atoms with E-state index in [1.807, 2.05) is 6.92 Å². The van der Waals surface area contributed by atoms with Crippen molar-refractivity contribution in [2.45, 2.75) is 31.3 Å². The number of hydrogen-bond acceptors (Lipinski definition) is 4. The summed E-state index contributed by atoms with van der Waals surface area (Å²) in [5, 5.41) is 9.04. The van der Waals surface area contributed by atoms with Gasteiger partial charge in [-0.05, 0) is 6.92 Å². The van der Waals surface area contributed by atoms with E-state index in [0.29, 0.717) is 6.42 Å². The van der Waals surface area contributed by atoms with Crippen molar-refractivity contribution in [2.24, 2.45) is 0 Å². The number of ether oxygens (including phenoxy) is 3. The zero-order chi connectivity index (χ0) is 9.24. The maximum atomic E-state index is 9.04. The highest BCUT2D eigenvalue weighted by Crippen LogP contribution is 2.38. The molecule has 0 aromatic carbocycles. The molecular weight excluding hydrogens is 160 g/mol. The number of hydrogen-bond donors (Lipinski definition) is 1. The van der Waals surface area contributed by atoms with Crippen LogP contribution < -0.4 is 0 Å². The topological polar surface area (TPSA) is 47.9 Å². The highest BCUT2D eigenvalue weighted by atomic mass is 16.8. The molecule has 1 heterocycles. The van der Waals surface area contributed by atoms with E-state index in [-0.39, 0.29) is 6.61 Å². The fraction of sp³-hybridized carbons (Fsp3) is 1.00. The van der Waals surface area contributed by atoms with Crippen LogP contribution in [0.2, 0.25) is 0 Å². The molecule has 0 aliphatic carbocycles. The Balaban J connectivity index is 2.64. The normalized spacial score (nSPS) is 42.0. The van der Waals surface area contributed by atoms with E-state index in [1.165, 1.54) is 7.11 Å². The van der Waals surface area contributed by atoms with Gasteiger partial charge in [0.25, 0.3) is 0 Å². The molecule has 0 amide bonds. The van der Waals surface area contributed by atoms with Gasteiger partial charge in [0.1, 0.15) is 0 Å². The molecule has 1 N–H and O–H groups in total. The van der Waals surface area contributed by atoms with Crippen LogP contribution in [0.4, 0.5) is 0 Å². The lowest BCUT2D eigenvalue weighted by Gasteiger charge is -2.29. The lowest BCUT2D eigenvalue weighted by atomic mass is 10.1. The van der Waals surface area contributed by atoms with E-state index in [4.69, 9.17) is 19.3 Å². The molecule has 72 valence electrons. The zero-order valence-electron chi connectivity index (χ0n) is 7.79. The van der Waals surface area contributed by atoms with Crippen molar-refractivity contribution in [3.63, 3.8) is 0 Å². The number of methoxy groups -OCH3 is 2. The second-order valence-corrected chi connectivity index (χ2v) is 3.21. The van der Waals surface area contributed by atoms with Gasteiger partial charge in [-0.25, -0.2) is 0 Å². The molecular formula is C8H16O4. The van der Waals surface area contributed by atoms with Crippen molar-refractivity contribution in [1.29, 1.82) is 0 Å². The van der Waals surface area contributed by atoms with Gasteiger partial charge in [0, 0.05) is 27.1 Å². The summed E-state index contributed by atoms with van der Waals surface area (Å²) in [5.74, 6) is -1.47. The van der Waals surface area contributed by atoms with Crippen LogP contribution in [0.25, 0.3) is 0 Å². The minimum atomic E-state index is -0.856. The average Bonchev–Trinajstić information content (AvgIpc) is 2.46. The molecule has 4 nitrogen and oxygen atoms in total. The zero-order valence-corrected chi connectivity index (χ0v) is 7.79. The largest absolute Gasteiger partial charge is 0.391 e. The second kappa shape index (κ2) is 3.30. The maximum absolute atomic E-state index is 9.04. The molecule has 1 aliphatic rings. The highest BCUT2D eigenvalue weighted by molar-refractivity contribution is 4.83. The summed E-state index contributed by atoms with van der Waals surface area (Å²) in [4.78, 5) is 0. The standard InChI is InChI=1S/C8H16O4/c1-7(10-2)4-5-8(6-9,11-3)12-7/h9H,4-6H2,1-3H3. The summed E-state index contributed by atoms with van der Waals surface area (Å²) >= 11 is 0. The van der Waals surface area contributed by atoms with Crippen LogP contribution >= 0.6 is 0 Å². The van der Waals surface area contributed by atoms with Gasteiger partial charge in [-0.15, -0.1) is 0 Å². The Kier molecular flexibility index (Phi) is 2.73. The summed E-state index contributed by atoms with van der Waals surface area (Å²) in [7, 11) is 3.11. The Morgan fingerprint density at radius 3 is 2.25 bits per heavy atom. The molecule has 0 bridgehead atoms. The minimum Gasteiger partial charge on any atom is -0.391 e. The molecule has 1 saturated heterocycles. The van der Waals surface area contributed by atoms with E-state index in [9.17, 15) is 0 Å². The lowest BCUT2D eigenvalue weighted by Crippen LogP contribution is -2.39. The van der Waals surface area contributed by atoms with Crippen molar-refractivity contribution in [3.8, 4) is 0 Å². The molecule has 1 rings (SSSR count). The van der Waals surface area contributed by atoms with Gasteiger partial charge < -0.3 is 19.3 Å². The molecule has 2 atom stereocenters. The predicted octanol–water partition coefficient (Wildman–Crippen LogP) is 0.494. The van der Waals surface area contributed by atoms with E-state index in [0.717, 1.165) is 6.42 Å². The summed E-state index contributed by atoms with van der Waals surface area (Å²) in [6.45, 7) is 1.70. The number of aliphatic hydroxyl groups is 1. The van der Waals surface area contributed by atoms with Crippen LogP contribution in [0, 0.1) is 0 Å². The third-order valence-electron chi connectivity index (χ3n) is 2.41. The Hall–Kier alpha value is -0.160. The first kappa shape index (κ1) is 9.92. The van der Waals surface area contributed by atoms with Crippen LogP contribution in [0.15, 0.2) is 0 Å². The SMILES string of the molecule is COC1(C)CCC(CO)(OC)O1. The molecule has 12 heavy (non-hydrogen) atoms. The van der Waals surface area contributed by atoms with Crippen LogP contribution in [0.5, 0.6) is 0 Å². The fourth-order valence-corrected chi connectivity index (χ4v) is 1.38. The third-order valence-corrected chi connectivity index (χ3v) is 2.41.